The van der Waals surface area contributed by atoms with E-state index in [1.807, 2.05) is 29.2 Å². The highest BCUT2D eigenvalue weighted by molar-refractivity contribution is 5.94. The van der Waals surface area contributed by atoms with Crippen molar-refractivity contribution >= 4 is 5.91 Å². The Morgan fingerprint density at radius 2 is 1.75 bits per heavy atom. The average Bonchev–Trinajstić information content (AvgIpc) is 2.60. The van der Waals surface area contributed by atoms with Crippen molar-refractivity contribution in [1.29, 1.82) is 0 Å². The first-order chi connectivity index (χ1) is 11.7. The molecule has 0 bridgehead atoms. The number of fused-ring (bicyclic) bond motifs is 1. The van der Waals surface area contributed by atoms with Crippen molar-refractivity contribution in [2.75, 3.05) is 26.7 Å². The molecular weight excluding hydrogens is 300 g/mol. The second-order valence-corrected chi connectivity index (χ2v) is 6.58. The summed E-state index contributed by atoms with van der Waals surface area (Å²) in [6, 6.07) is 16.5. The van der Waals surface area contributed by atoms with Crippen molar-refractivity contribution in [3.63, 3.8) is 0 Å². The molecule has 2 aromatic carbocycles. The van der Waals surface area contributed by atoms with Crippen LogP contribution in [-0.4, -0.2) is 48.5 Å². The van der Waals surface area contributed by atoms with E-state index in [1.165, 1.54) is 11.1 Å². The molecule has 0 N–H and O–H groups in total. The molecule has 4 nitrogen and oxygen atoms in total. The largest absolute Gasteiger partial charge is 0.497 e. The average molecular weight is 322 g/mol. The number of amides is 1. The van der Waals surface area contributed by atoms with Gasteiger partial charge < -0.3 is 9.64 Å². The predicted molar refractivity (Wildman–Crippen MR) is 93.2 cm³/mol. The van der Waals surface area contributed by atoms with Gasteiger partial charge in [0.2, 0.25) is 0 Å². The Morgan fingerprint density at radius 1 is 1.04 bits per heavy atom. The number of benzene rings is 2. The van der Waals surface area contributed by atoms with Crippen LogP contribution in [0.2, 0.25) is 0 Å². The highest BCUT2D eigenvalue weighted by Crippen LogP contribution is 2.25. The molecule has 2 aliphatic heterocycles. The highest BCUT2D eigenvalue weighted by atomic mass is 16.5. The Labute approximate surface area is 142 Å². The molecule has 0 aromatic heterocycles. The lowest BCUT2D eigenvalue weighted by molar-refractivity contribution is 0.0218. The van der Waals surface area contributed by atoms with Crippen LogP contribution in [0.3, 0.4) is 0 Å². The smallest absolute Gasteiger partial charge is 0.253 e. The minimum absolute atomic E-state index is 0.117. The summed E-state index contributed by atoms with van der Waals surface area (Å²) in [5.74, 6) is 0.895. The van der Waals surface area contributed by atoms with Crippen LogP contribution in [0.5, 0.6) is 5.75 Å². The van der Waals surface area contributed by atoms with E-state index in [0.29, 0.717) is 6.04 Å². The first kappa shape index (κ1) is 15.2. The number of hydrogen-bond donors (Lipinski definition) is 0. The first-order valence-electron chi connectivity index (χ1n) is 8.49. The van der Waals surface area contributed by atoms with E-state index >= 15 is 0 Å². The summed E-state index contributed by atoms with van der Waals surface area (Å²) in [6.45, 7) is 3.75. The monoisotopic (exact) mass is 322 g/mol. The van der Waals surface area contributed by atoms with E-state index in [-0.39, 0.29) is 5.91 Å². The third-order valence-electron chi connectivity index (χ3n) is 5.16. The summed E-state index contributed by atoms with van der Waals surface area (Å²) in [5.41, 5.74) is 3.64. The molecular formula is C20H22N2O2. The summed E-state index contributed by atoms with van der Waals surface area (Å²) in [7, 11) is 1.63. The van der Waals surface area contributed by atoms with E-state index in [2.05, 4.69) is 29.2 Å². The summed E-state index contributed by atoms with van der Waals surface area (Å²) in [5, 5.41) is 0. The Hall–Kier alpha value is -2.33. The van der Waals surface area contributed by atoms with E-state index in [1.54, 1.807) is 7.11 Å². The zero-order chi connectivity index (χ0) is 16.5. The lowest BCUT2D eigenvalue weighted by Crippen LogP contribution is -2.61. The second-order valence-electron chi connectivity index (χ2n) is 6.58. The number of hydrogen-bond acceptors (Lipinski definition) is 3. The Kier molecular flexibility index (Phi) is 3.98. The van der Waals surface area contributed by atoms with Gasteiger partial charge in [0.05, 0.1) is 7.11 Å². The van der Waals surface area contributed by atoms with E-state index in [4.69, 9.17) is 4.74 Å². The number of carbonyl (C=O) groups is 1. The molecule has 2 heterocycles. The topological polar surface area (TPSA) is 32.8 Å². The number of ether oxygens (including phenoxy) is 1. The van der Waals surface area contributed by atoms with Crippen molar-refractivity contribution in [1.82, 2.24) is 9.80 Å². The maximum Gasteiger partial charge on any atom is 0.253 e. The van der Waals surface area contributed by atoms with Crippen LogP contribution in [0.4, 0.5) is 0 Å². The molecule has 4 heteroatoms. The van der Waals surface area contributed by atoms with Gasteiger partial charge in [-0.05, 0) is 41.8 Å². The minimum atomic E-state index is 0.117. The number of likely N-dealkylation sites (tertiary alicyclic amines) is 1. The predicted octanol–water partition coefficient (Wildman–Crippen LogP) is 2.58. The Balaban J connectivity index is 1.35. The van der Waals surface area contributed by atoms with Crippen LogP contribution in [0.15, 0.2) is 48.5 Å². The van der Waals surface area contributed by atoms with Gasteiger partial charge in [-0.1, -0.05) is 24.3 Å². The Morgan fingerprint density at radius 3 is 2.46 bits per heavy atom. The quantitative estimate of drug-likeness (QED) is 0.871. The van der Waals surface area contributed by atoms with Gasteiger partial charge in [-0.15, -0.1) is 0 Å². The highest BCUT2D eigenvalue weighted by Gasteiger charge is 2.36. The third kappa shape index (κ3) is 2.78. The summed E-state index contributed by atoms with van der Waals surface area (Å²) in [6.07, 6.45) is 1.11. The molecule has 0 atom stereocenters. The van der Waals surface area contributed by atoms with Gasteiger partial charge >= 0.3 is 0 Å². The van der Waals surface area contributed by atoms with Crippen LogP contribution in [0.1, 0.15) is 21.5 Å². The number of methoxy groups -OCH3 is 1. The first-order valence-corrected chi connectivity index (χ1v) is 8.49. The van der Waals surface area contributed by atoms with Crippen molar-refractivity contribution in [3.8, 4) is 5.75 Å². The lowest BCUT2D eigenvalue weighted by atomic mass is 9.96. The molecule has 1 fully saturated rings. The van der Waals surface area contributed by atoms with Crippen LogP contribution < -0.4 is 4.74 Å². The second kappa shape index (κ2) is 6.29. The van der Waals surface area contributed by atoms with Crippen molar-refractivity contribution in [2.45, 2.75) is 19.0 Å². The maximum atomic E-state index is 12.5. The molecule has 2 aliphatic rings. The molecule has 0 radical (unpaired) electrons. The van der Waals surface area contributed by atoms with Crippen molar-refractivity contribution < 1.29 is 9.53 Å². The number of rotatable bonds is 3. The van der Waals surface area contributed by atoms with E-state index in [9.17, 15) is 4.79 Å². The molecule has 1 saturated heterocycles. The van der Waals surface area contributed by atoms with Crippen LogP contribution in [0.25, 0.3) is 0 Å². The molecule has 2 aromatic rings. The van der Waals surface area contributed by atoms with Gasteiger partial charge in [0.15, 0.2) is 0 Å². The van der Waals surface area contributed by atoms with Crippen molar-refractivity contribution in [3.05, 3.63) is 65.2 Å². The fraction of sp³-hybridized carbons (Fsp3) is 0.350. The normalized spacial score (nSPS) is 18.0. The van der Waals surface area contributed by atoms with Gasteiger partial charge in [0.25, 0.3) is 5.91 Å². The lowest BCUT2D eigenvalue weighted by Gasteiger charge is -2.47. The van der Waals surface area contributed by atoms with Crippen LogP contribution >= 0.6 is 0 Å². The maximum absolute atomic E-state index is 12.5. The summed E-state index contributed by atoms with van der Waals surface area (Å²) in [4.78, 5) is 17.0. The van der Waals surface area contributed by atoms with Crippen LogP contribution in [0, 0.1) is 0 Å². The third-order valence-corrected chi connectivity index (χ3v) is 5.16. The van der Waals surface area contributed by atoms with Crippen molar-refractivity contribution in [2.24, 2.45) is 0 Å². The molecule has 0 unspecified atom stereocenters. The molecule has 0 saturated carbocycles. The van der Waals surface area contributed by atoms with Gasteiger partial charge in [-0.2, -0.15) is 0 Å². The fourth-order valence-corrected chi connectivity index (χ4v) is 3.60. The van der Waals surface area contributed by atoms with E-state index in [0.717, 1.165) is 43.9 Å². The molecule has 124 valence electrons. The van der Waals surface area contributed by atoms with Gasteiger partial charge in [0, 0.05) is 37.8 Å². The molecule has 24 heavy (non-hydrogen) atoms. The number of carbonyl (C=O) groups excluding carboxylic acids is 1. The summed E-state index contributed by atoms with van der Waals surface area (Å²) < 4.78 is 5.14. The minimum Gasteiger partial charge on any atom is -0.497 e. The molecule has 0 spiro atoms. The standard InChI is InChI=1S/C20H22N2O2/c1-24-19-8-6-16(7-9-19)20(23)22-13-18(14-22)21-11-10-15-4-2-3-5-17(15)12-21/h2-9,18H,10-14H2,1H3. The van der Waals surface area contributed by atoms with Gasteiger partial charge in [-0.3, -0.25) is 9.69 Å². The fourth-order valence-electron chi connectivity index (χ4n) is 3.60. The summed E-state index contributed by atoms with van der Waals surface area (Å²) >= 11 is 0. The van der Waals surface area contributed by atoms with Crippen LogP contribution in [-0.2, 0) is 13.0 Å². The molecule has 0 aliphatic carbocycles. The van der Waals surface area contributed by atoms with Gasteiger partial charge in [-0.25, -0.2) is 0 Å². The van der Waals surface area contributed by atoms with E-state index < -0.39 is 0 Å². The molecule has 4 rings (SSSR count). The number of nitrogens with zero attached hydrogens (tertiary/aromatic N) is 2. The zero-order valence-corrected chi connectivity index (χ0v) is 13.9. The Bertz CT molecular complexity index is 736. The molecule has 1 amide bonds. The zero-order valence-electron chi connectivity index (χ0n) is 13.9. The van der Waals surface area contributed by atoms with Gasteiger partial charge in [0.1, 0.15) is 5.75 Å². The SMILES string of the molecule is COc1ccc(C(=O)N2CC(N3CCc4ccccc4C3)C2)cc1.